The molecule has 0 bridgehead atoms. The number of carbonyl (C=O) groups excluding carboxylic acids is 1. The zero-order valence-corrected chi connectivity index (χ0v) is 15.2. The third kappa shape index (κ3) is 5.08. The summed E-state index contributed by atoms with van der Waals surface area (Å²) in [4.78, 5) is 13.1. The lowest BCUT2D eigenvalue weighted by molar-refractivity contribution is -0.137. The third-order valence-corrected chi connectivity index (χ3v) is 4.61. The van der Waals surface area contributed by atoms with Crippen molar-refractivity contribution in [3.05, 3.63) is 48.0 Å². The first-order valence-electron chi connectivity index (χ1n) is 7.61. The summed E-state index contributed by atoms with van der Waals surface area (Å²) < 4.78 is 48.1. The van der Waals surface area contributed by atoms with Gasteiger partial charge in [-0.25, -0.2) is 0 Å². The fourth-order valence-electron chi connectivity index (χ4n) is 2.13. The Morgan fingerprint density at radius 2 is 1.65 bits per heavy atom. The molecule has 0 aliphatic carbocycles. The first-order chi connectivity index (χ1) is 12.2. The highest BCUT2D eigenvalue weighted by molar-refractivity contribution is 8.00. The number of carbonyl (C=O) groups is 1. The molecule has 0 heterocycles. The topological polar surface area (TPSA) is 47.6 Å². The molecular formula is C18H18F3NO3S. The van der Waals surface area contributed by atoms with Gasteiger partial charge < -0.3 is 14.8 Å². The molecule has 0 radical (unpaired) electrons. The molecule has 1 unspecified atom stereocenters. The first kappa shape index (κ1) is 20.0. The van der Waals surface area contributed by atoms with Crippen LogP contribution in [0.1, 0.15) is 12.5 Å². The van der Waals surface area contributed by atoms with Crippen molar-refractivity contribution >= 4 is 23.4 Å². The molecule has 0 saturated heterocycles. The van der Waals surface area contributed by atoms with Gasteiger partial charge in [-0.1, -0.05) is 0 Å². The highest BCUT2D eigenvalue weighted by Gasteiger charge is 2.30. The molecule has 0 saturated carbocycles. The number of hydrogen-bond acceptors (Lipinski definition) is 4. The zero-order chi connectivity index (χ0) is 19.3. The summed E-state index contributed by atoms with van der Waals surface area (Å²) in [5, 5.41) is 2.15. The van der Waals surface area contributed by atoms with E-state index < -0.39 is 17.0 Å². The fourth-order valence-corrected chi connectivity index (χ4v) is 3.03. The van der Waals surface area contributed by atoms with Crippen molar-refractivity contribution in [3.8, 4) is 11.5 Å². The van der Waals surface area contributed by atoms with Crippen molar-refractivity contribution in [2.45, 2.75) is 23.2 Å². The summed E-state index contributed by atoms with van der Waals surface area (Å²) >= 11 is 1.30. The number of thioether (sulfide) groups is 1. The standard InChI is InChI=1S/C18H18F3NO3S/c1-11(26-14-8-9-15(24-2)16(10-14)25-3)17(23)22-13-6-4-12(5-7-13)18(19,20)21/h4-11H,1-3H3,(H,22,23). The lowest BCUT2D eigenvalue weighted by Gasteiger charge is -2.14. The van der Waals surface area contributed by atoms with Gasteiger partial charge in [0.1, 0.15) is 0 Å². The molecule has 1 amide bonds. The van der Waals surface area contributed by atoms with E-state index in [2.05, 4.69) is 5.32 Å². The molecular weight excluding hydrogens is 367 g/mol. The number of alkyl halides is 3. The largest absolute Gasteiger partial charge is 0.493 e. The van der Waals surface area contributed by atoms with E-state index in [9.17, 15) is 18.0 Å². The van der Waals surface area contributed by atoms with Crippen LogP contribution >= 0.6 is 11.8 Å². The number of anilines is 1. The van der Waals surface area contributed by atoms with Crippen molar-refractivity contribution in [1.82, 2.24) is 0 Å². The van der Waals surface area contributed by atoms with E-state index >= 15 is 0 Å². The van der Waals surface area contributed by atoms with E-state index in [1.807, 2.05) is 0 Å². The van der Waals surface area contributed by atoms with Crippen LogP contribution in [-0.4, -0.2) is 25.4 Å². The molecule has 2 aromatic carbocycles. The quantitative estimate of drug-likeness (QED) is 0.723. The van der Waals surface area contributed by atoms with Crippen LogP contribution in [0.25, 0.3) is 0 Å². The molecule has 0 aliphatic heterocycles. The third-order valence-electron chi connectivity index (χ3n) is 3.52. The number of nitrogens with one attached hydrogen (secondary N) is 1. The molecule has 1 N–H and O–H groups in total. The Labute approximate surface area is 153 Å². The number of rotatable bonds is 6. The SMILES string of the molecule is COc1ccc(SC(C)C(=O)Nc2ccc(C(F)(F)F)cc2)cc1OC. The predicted molar refractivity (Wildman–Crippen MR) is 94.9 cm³/mol. The lowest BCUT2D eigenvalue weighted by atomic mass is 10.2. The number of methoxy groups -OCH3 is 2. The monoisotopic (exact) mass is 385 g/mol. The Balaban J connectivity index is 2.01. The van der Waals surface area contributed by atoms with Crippen LogP contribution in [0.15, 0.2) is 47.4 Å². The summed E-state index contributed by atoms with van der Waals surface area (Å²) in [6.07, 6.45) is -4.40. The summed E-state index contributed by atoms with van der Waals surface area (Å²) in [5.74, 6) is 0.816. The number of benzene rings is 2. The van der Waals surface area contributed by atoms with Gasteiger partial charge in [0.15, 0.2) is 11.5 Å². The number of halogens is 3. The molecule has 0 aliphatic rings. The highest BCUT2D eigenvalue weighted by atomic mass is 32.2. The van der Waals surface area contributed by atoms with Crippen molar-refractivity contribution in [1.29, 1.82) is 0 Å². The normalized spacial score (nSPS) is 12.4. The van der Waals surface area contributed by atoms with Gasteiger partial charge in [0.05, 0.1) is 25.0 Å². The van der Waals surface area contributed by atoms with Crippen molar-refractivity contribution in [3.63, 3.8) is 0 Å². The molecule has 1 atom stereocenters. The maximum Gasteiger partial charge on any atom is 0.416 e. The Kier molecular flexibility index (Phi) is 6.42. The van der Waals surface area contributed by atoms with Gasteiger partial charge >= 0.3 is 6.18 Å². The van der Waals surface area contributed by atoms with E-state index in [4.69, 9.17) is 9.47 Å². The Morgan fingerprint density at radius 1 is 1.04 bits per heavy atom. The van der Waals surface area contributed by atoms with Crippen LogP contribution in [-0.2, 0) is 11.0 Å². The number of ether oxygens (including phenoxy) is 2. The first-order valence-corrected chi connectivity index (χ1v) is 8.49. The molecule has 26 heavy (non-hydrogen) atoms. The van der Waals surface area contributed by atoms with E-state index in [1.54, 1.807) is 25.1 Å². The van der Waals surface area contributed by atoms with Crippen molar-refractivity contribution in [2.75, 3.05) is 19.5 Å². The fraction of sp³-hybridized carbons (Fsp3) is 0.278. The maximum absolute atomic E-state index is 12.6. The number of hydrogen-bond donors (Lipinski definition) is 1. The van der Waals surface area contributed by atoms with Gasteiger partial charge in [-0.2, -0.15) is 13.2 Å². The average molecular weight is 385 g/mol. The van der Waals surface area contributed by atoms with E-state index in [1.165, 1.54) is 38.1 Å². The van der Waals surface area contributed by atoms with E-state index in [-0.39, 0.29) is 5.91 Å². The molecule has 2 rings (SSSR count). The maximum atomic E-state index is 12.6. The van der Waals surface area contributed by atoms with Gasteiger partial charge in [-0.3, -0.25) is 4.79 Å². The second-order valence-corrected chi connectivity index (χ2v) is 6.76. The second kappa shape index (κ2) is 8.35. The van der Waals surface area contributed by atoms with Gasteiger partial charge in [0.25, 0.3) is 0 Å². The minimum absolute atomic E-state index is 0.308. The Bertz CT molecular complexity index is 763. The van der Waals surface area contributed by atoms with Gasteiger partial charge in [0, 0.05) is 10.6 Å². The van der Waals surface area contributed by atoms with Crippen molar-refractivity contribution in [2.24, 2.45) is 0 Å². The summed E-state index contributed by atoms with van der Waals surface area (Å²) in [5.41, 5.74) is -0.453. The molecule has 0 spiro atoms. The minimum atomic E-state index is -4.40. The molecule has 0 fully saturated rings. The minimum Gasteiger partial charge on any atom is -0.493 e. The molecule has 4 nitrogen and oxygen atoms in total. The summed E-state index contributed by atoms with van der Waals surface area (Å²) in [6, 6.07) is 9.62. The lowest BCUT2D eigenvalue weighted by Crippen LogP contribution is -2.22. The predicted octanol–water partition coefficient (Wildman–Crippen LogP) is 4.84. The van der Waals surface area contributed by atoms with Crippen LogP contribution in [0.3, 0.4) is 0 Å². The smallest absolute Gasteiger partial charge is 0.416 e. The average Bonchev–Trinajstić information content (AvgIpc) is 2.61. The van der Waals surface area contributed by atoms with Gasteiger partial charge in [0.2, 0.25) is 5.91 Å². The highest BCUT2D eigenvalue weighted by Crippen LogP contribution is 2.34. The molecule has 8 heteroatoms. The van der Waals surface area contributed by atoms with E-state index in [0.717, 1.165) is 17.0 Å². The Morgan fingerprint density at radius 3 is 2.19 bits per heavy atom. The molecule has 140 valence electrons. The van der Waals surface area contributed by atoms with Crippen LogP contribution in [0.5, 0.6) is 11.5 Å². The summed E-state index contributed by atoms with van der Waals surface area (Å²) in [6.45, 7) is 1.71. The Hall–Kier alpha value is -2.35. The zero-order valence-electron chi connectivity index (χ0n) is 14.4. The second-order valence-electron chi connectivity index (χ2n) is 5.34. The van der Waals surface area contributed by atoms with Crippen molar-refractivity contribution < 1.29 is 27.4 Å². The summed E-state index contributed by atoms with van der Waals surface area (Å²) in [7, 11) is 3.05. The van der Waals surface area contributed by atoms with Crippen LogP contribution in [0.4, 0.5) is 18.9 Å². The van der Waals surface area contributed by atoms with Crippen LogP contribution in [0, 0.1) is 0 Å². The van der Waals surface area contributed by atoms with Crippen LogP contribution in [0.2, 0.25) is 0 Å². The van der Waals surface area contributed by atoms with E-state index in [0.29, 0.717) is 17.2 Å². The van der Waals surface area contributed by atoms with Crippen LogP contribution < -0.4 is 14.8 Å². The van der Waals surface area contributed by atoms with Gasteiger partial charge in [-0.05, 0) is 49.4 Å². The van der Waals surface area contributed by atoms with Gasteiger partial charge in [-0.15, -0.1) is 11.8 Å². The molecule has 0 aromatic heterocycles. The molecule has 2 aromatic rings. The number of amides is 1.